The van der Waals surface area contributed by atoms with Crippen LogP contribution in [0.25, 0.3) is 0 Å². The zero-order valence-electron chi connectivity index (χ0n) is 20.2. The number of ether oxygens (including phenoxy) is 1. The van der Waals surface area contributed by atoms with Gasteiger partial charge in [0.25, 0.3) is 0 Å². The van der Waals surface area contributed by atoms with Gasteiger partial charge in [0.15, 0.2) is 11.6 Å². The number of benzene rings is 2. The SMILES string of the molecule is CCCC1CCC(c2ccc(C(=O)OC3CCC(c4ccc(C)c(F)c4)CC3)c(F)c2F)CC1. The van der Waals surface area contributed by atoms with Gasteiger partial charge in [-0.1, -0.05) is 38.0 Å². The van der Waals surface area contributed by atoms with Crippen LogP contribution >= 0.6 is 0 Å². The van der Waals surface area contributed by atoms with Crippen molar-refractivity contribution in [2.75, 3.05) is 0 Å². The summed E-state index contributed by atoms with van der Waals surface area (Å²) in [6.45, 7) is 3.91. The van der Waals surface area contributed by atoms with Crippen LogP contribution in [-0.2, 0) is 4.74 Å². The molecule has 2 aromatic carbocycles. The first-order valence-electron chi connectivity index (χ1n) is 12.8. The van der Waals surface area contributed by atoms with Crippen LogP contribution in [0.15, 0.2) is 30.3 Å². The van der Waals surface area contributed by atoms with Gasteiger partial charge >= 0.3 is 5.97 Å². The largest absolute Gasteiger partial charge is 0.459 e. The summed E-state index contributed by atoms with van der Waals surface area (Å²) in [4.78, 5) is 12.6. The Morgan fingerprint density at radius 2 is 1.56 bits per heavy atom. The third-order valence-electron chi connectivity index (χ3n) is 7.93. The van der Waals surface area contributed by atoms with Crippen molar-refractivity contribution in [3.05, 3.63) is 70.0 Å². The second-order valence-electron chi connectivity index (χ2n) is 10.2. The molecule has 184 valence electrons. The molecular weight excluding hydrogens is 437 g/mol. The minimum absolute atomic E-state index is 0.00886. The first kappa shape index (κ1) is 24.8. The molecule has 0 aliphatic heterocycles. The Morgan fingerprint density at radius 1 is 0.882 bits per heavy atom. The van der Waals surface area contributed by atoms with Crippen LogP contribution < -0.4 is 0 Å². The molecule has 2 nitrogen and oxygen atoms in total. The van der Waals surface area contributed by atoms with Crippen LogP contribution in [0, 0.1) is 30.3 Å². The number of halogens is 3. The molecule has 2 saturated carbocycles. The van der Waals surface area contributed by atoms with Gasteiger partial charge in [0.05, 0.1) is 5.56 Å². The second kappa shape index (κ2) is 11.0. The monoisotopic (exact) mass is 472 g/mol. The smallest absolute Gasteiger partial charge is 0.341 e. The third kappa shape index (κ3) is 5.50. The molecule has 0 saturated heterocycles. The summed E-state index contributed by atoms with van der Waals surface area (Å²) in [6, 6.07) is 8.28. The van der Waals surface area contributed by atoms with Crippen molar-refractivity contribution in [2.45, 2.75) is 96.0 Å². The quantitative estimate of drug-likeness (QED) is 0.395. The summed E-state index contributed by atoms with van der Waals surface area (Å²) in [5.74, 6) is -2.11. The van der Waals surface area contributed by atoms with E-state index in [0.717, 1.165) is 50.5 Å². The molecule has 2 fully saturated rings. The summed E-state index contributed by atoms with van der Waals surface area (Å²) in [7, 11) is 0. The average molecular weight is 473 g/mol. The van der Waals surface area contributed by atoms with Crippen molar-refractivity contribution in [1.82, 2.24) is 0 Å². The lowest BCUT2D eigenvalue weighted by molar-refractivity contribution is 0.0189. The van der Waals surface area contributed by atoms with Crippen molar-refractivity contribution in [3.8, 4) is 0 Å². The molecule has 2 aliphatic rings. The van der Waals surface area contributed by atoms with Crippen molar-refractivity contribution in [1.29, 1.82) is 0 Å². The number of hydrogen-bond donors (Lipinski definition) is 0. The summed E-state index contributed by atoms with van der Waals surface area (Å²) in [5.41, 5.74) is 1.63. The van der Waals surface area contributed by atoms with Gasteiger partial charge in [0, 0.05) is 0 Å². The van der Waals surface area contributed by atoms with Gasteiger partial charge in [-0.2, -0.15) is 0 Å². The average Bonchev–Trinajstić information content (AvgIpc) is 2.84. The number of carbonyl (C=O) groups is 1. The molecule has 2 aliphatic carbocycles. The van der Waals surface area contributed by atoms with E-state index in [4.69, 9.17) is 4.74 Å². The molecule has 5 heteroatoms. The Morgan fingerprint density at radius 3 is 2.21 bits per heavy atom. The maximum absolute atomic E-state index is 14.9. The molecule has 34 heavy (non-hydrogen) atoms. The molecule has 0 bridgehead atoms. The maximum Gasteiger partial charge on any atom is 0.341 e. The van der Waals surface area contributed by atoms with Gasteiger partial charge < -0.3 is 4.74 Å². The van der Waals surface area contributed by atoms with E-state index < -0.39 is 17.6 Å². The van der Waals surface area contributed by atoms with E-state index in [-0.39, 0.29) is 29.3 Å². The Bertz CT molecular complexity index is 1000. The molecule has 0 heterocycles. The summed E-state index contributed by atoms with van der Waals surface area (Å²) < 4.78 is 49.2. The standard InChI is InChI=1S/C29H35F3O2/c1-3-4-19-6-9-21(10-7-19)24-15-16-25(28(32)27(24)31)29(33)34-23-13-11-20(12-14-23)22-8-5-18(2)26(30)17-22/h5,8,15-17,19-21,23H,3-4,6-7,9-14H2,1-2H3. The topological polar surface area (TPSA) is 26.3 Å². The van der Waals surface area contributed by atoms with Gasteiger partial charge in [0.2, 0.25) is 0 Å². The van der Waals surface area contributed by atoms with Gasteiger partial charge in [-0.15, -0.1) is 0 Å². The highest BCUT2D eigenvalue weighted by molar-refractivity contribution is 5.90. The Balaban J connectivity index is 1.34. The lowest BCUT2D eigenvalue weighted by Crippen LogP contribution is -2.25. The molecule has 0 spiro atoms. The zero-order chi connectivity index (χ0) is 24.2. The molecule has 0 unspecified atom stereocenters. The number of rotatable bonds is 6. The molecule has 2 aromatic rings. The lowest BCUT2D eigenvalue weighted by Gasteiger charge is -2.29. The first-order valence-corrected chi connectivity index (χ1v) is 12.8. The number of hydrogen-bond acceptors (Lipinski definition) is 2. The highest BCUT2D eigenvalue weighted by atomic mass is 19.2. The van der Waals surface area contributed by atoms with Crippen molar-refractivity contribution in [2.24, 2.45) is 5.92 Å². The van der Waals surface area contributed by atoms with Crippen molar-refractivity contribution >= 4 is 5.97 Å². The van der Waals surface area contributed by atoms with Crippen LogP contribution in [0.1, 0.15) is 110 Å². The van der Waals surface area contributed by atoms with Crippen LogP contribution in [0.3, 0.4) is 0 Å². The normalized spacial score (nSPS) is 25.2. The fraction of sp³-hybridized carbons (Fsp3) is 0.552. The van der Waals surface area contributed by atoms with E-state index in [1.807, 2.05) is 6.07 Å². The Hall–Kier alpha value is -2.30. The van der Waals surface area contributed by atoms with E-state index in [1.165, 1.54) is 12.5 Å². The number of esters is 1. The van der Waals surface area contributed by atoms with Gasteiger partial charge in [0.1, 0.15) is 11.9 Å². The Labute approximate surface area is 200 Å². The van der Waals surface area contributed by atoms with E-state index in [2.05, 4.69) is 6.92 Å². The van der Waals surface area contributed by atoms with Gasteiger partial charge in [-0.25, -0.2) is 18.0 Å². The Kier molecular flexibility index (Phi) is 8.00. The van der Waals surface area contributed by atoms with Gasteiger partial charge in [-0.05, 0) is 105 Å². The molecule has 0 N–H and O–H groups in total. The minimum Gasteiger partial charge on any atom is -0.459 e. The molecular formula is C29H35F3O2. The van der Waals surface area contributed by atoms with Gasteiger partial charge in [-0.3, -0.25) is 0 Å². The highest BCUT2D eigenvalue weighted by Gasteiger charge is 2.30. The molecule has 0 atom stereocenters. The highest BCUT2D eigenvalue weighted by Crippen LogP contribution is 2.39. The van der Waals surface area contributed by atoms with Crippen molar-refractivity contribution in [3.63, 3.8) is 0 Å². The van der Waals surface area contributed by atoms with E-state index in [1.54, 1.807) is 25.1 Å². The molecule has 4 rings (SSSR count). The second-order valence-corrected chi connectivity index (χ2v) is 10.2. The summed E-state index contributed by atoms with van der Waals surface area (Å²) in [5, 5.41) is 0. The van der Waals surface area contributed by atoms with E-state index in [9.17, 15) is 18.0 Å². The van der Waals surface area contributed by atoms with E-state index in [0.29, 0.717) is 29.9 Å². The predicted molar refractivity (Wildman–Crippen MR) is 128 cm³/mol. The van der Waals surface area contributed by atoms with E-state index >= 15 is 0 Å². The number of aryl methyl sites for hydroxylation is 1. The molecule has 0 amide bonds. The fourth-order valence-corrected chi connectivity index (χ4v) is 5.80. The maximum atomic E-state index is 14.9. The van der Waals surface area contributed by atoms with Crippen molar-refractivity contribution < 1.29 is 22.7 Å². The zero-order valence-corrected chi connectivity index (χ0v) is 20.2. The summed E-state index contributed by atoms with van der Waals surface area (Å²) >= 11 is 0. The fourth-order valence-electron chi connectivity index (χ4n) is 5.80. The summed E-state index contributed by atoms with van der Waals surface area (Å²) in [6.07, 6.45) is 8.58. The lowest BCUT2D eigenvalue weighted by atomic mass is 9.77. The van der Waals surface area contributed by atoms with Crippen LogP contribution in [0.4, 0.5) is 13.2 Å². The molecule has 0 radical (unpaired) electrons. The molecule has 0 aromatic heterocycles. The predicted octanol–water partition coefficient (Wildman–Crippen LogP) is 8.37. The van der Waals surface area contributed by atoms with Crippen LogP contribution in [0.5, 0.6) is 0 Å². The number of carbonyl (C=O) groups excluding carboxylic acids is 1. The first-order chi connectivity index (χ1) is 16.4. The third-order valence-corrected chi connectivity index (χ3v) is 7.93. The minimum atomic E-state index is -1.10. The van der Waals surface area contributed by atoms with Crippen LogP contribution in [0.2, 0.25) is 0 Å². The van der Waals surface area contributed by atoms with Crippen LogP contribution in [-0.4, -0.2) is 12.1 Å².